The van der Waals surface area contributed by atoms with Crippen molar-refractivity contribution in [1.82, 2.24) is 29.7 Å². The molecular formula is C19H14F3N7O2. The van der Waals surface area contributed by atoms with Crippen LogP contribution in [-0.2, 0) is 4.79 Å². The van der Waals surface area contributed by atoms with E-state index in [1.807, 2.05) is 0 Å². The first-order valence-electron chi connectivity index (χ1n) is 9.20. The second-order valence-corrected chi connectivity index (χ2v) is 6.95. The molecule has 1 aromatic carbocycles. The second kappa shape index (κ2) is 6.79. The number of nitrogens with zero attached hydrogens (tertiary/aromatic N) is 5. The van der Waals surface area contributed by atoms with Gasteiger partial charge in [0.05, 0.1) is 12.0 Å². The Morgan fingerprint density at radius 3 is 2.81 bits per heavy atom. The van der Waals surface area contributed by atoms with Gasteiger partial charge in [0.15, 0.2) is 11.5 Å². The van der Waals surface area contributed by atoms with E-state index in [-0.39, 0.29) is 23.6 Å². The molecule has 0 aliphatic carbocycles. The van der Waals surface area contributed by atoms with E-state index in [0.717, 1.165) is 0 Å². The molecule has 0 spiro atoms. The van der Waals surface area contributed by atoms with Crippen molar-refractivity contribution >= 4 is 22.9 Å². The molecule has 0 fully saturated rings. The van der Waals surface area contributed by atoms with Crippen molar-refractivity contribution in [2.75, 3.05) is 5.32 Å². The van der Waals surface area contributed by atoms with Gasteiger partial charge in [-0.3, -0.25) is 4.79 Å². The maximum absolute atomic E-state index is 12.9. The van der Waals surface area contributed by atoms with Crippen molar-refractivity contribution in [3.05, 3.63) is 53.7 Å². The molecule has 1 atom stereocenters. The van der Waals surface area contributed by atoms with Crippen LogP contribution >= 0.6 is 0 Å². The van der Waals surface area contributed by atoms with Gasteiger partial charge in [0.25, 0.3) is 0 Å². The Hall–Kier alpha value is -3.96. The molecule has 0 radical (unpaired) electrons. The minimum atomic E-state index is -4.86. The van der Waals surface area contributed by atoms with Gasteiger partial charge in [-0.1, -0.05) is 18.2 Å². The Morgan fingerprint density at radius 1 is 1.19 bits per heavy atom. The monoisotopic (exact) mass is 429 g/mol. The standard InChI is InChI=1S/C19H14F3N7O2/c1-9-14-11(10-4-2-3-5-12(10)31-19(20,21)22)6-13(30)27-17(14)29(28-9)18-15-16(24-7-23-15)25-8-26-18/h2-5,7-8,11H,6H2,1H3,(H,27,30)(H,23,24,25,26)/t11-/m0/s1. The quantitative estimate of drug-likeness (QED) is 0.517. The molecule has 12 heteroatoms. The number of fused-ring (bicyclic) bond motifs is 2. The predicted octanol–water partition coefficient (Wildman–Crippen LogP) is 3.22. The molecule has 158 valence electrons. The van der Waals surface area contributed by atoms with Crippen LogP contribution in [0.1, 0.15) is 29.2 Å². The van der Waals surface area contributed by atoms with E-state index >= 15 is 0 Å². The number of hydrogen-bond acceptors (Lipinski definition) is 6. The van der Waals surface area contributed by atoms with Crippen molar-refractivity contribution < 1.29 is 22.7 Å². The Labute approximate surface area is 172 Å². The number of alkyl halides is 3. The highest BCUT2D eigenvalue weighted by Crippen LogP contribution is 2.44. The highest BCUT2D eigenvalue weighted by Gasteiger charge is 2.37. The number of ether oxygens (including phenoxy) is 1. The zero-order valence-electron chi connectivity index (χ0n) is 15.9. The average molecular weight is 429 g/mol. The molecule has 3 aromatic heterocycles. The summed E-state index contributed by atoms with van der Waals surface area (Å²) in [4.78, 5) is 27.9. The molecule has 0 saturated carbocycles. The van der Waals surface area contributed by atoms with Gasteiger partial charge in [-0.15, -0.1) is 13.2 Å². The van der Waals surface area contributed by atoms with Gasteiger partial charge in [0.1, 0.15) is 23.4 Å². The topological polar surface area (TPSA) is 111 Å². The summed E-state index contributed by atoms with van der Waals surface area (Å²) >= 11 is 0. The third kappa shape index (κ3) is 3.25. The number of nitrogens with one attached hydrogen (secondary N) is 2. The molecule has 0 unspecified atom stereocenters. The van der Waals surface area contributed by atoms with Crippen molar-refractivity contribution in [3.63, 3.8) is 0 Å². The summed E-state index contributed by atoms with van der Waals surface area (Å²) in [7, 11) is 0. The zero-order valence-corrected chi connectivity index (χ0v) is 15.9. The van der Waals surface area contributed by atoms with Crippen LogP contribution in [-0.4, -0.2) is 42.0 Å². The first-order valence-corrected chi connectivity index (χ1v) is 9.20. The van der Waals surface area contributed by atoms with E-state index in [9.17, 15) is 18.0 Å². The Kier molecular flexibility index (Phi) is 4.17. The lowest BCUT2D eigenvalue weighted by Gasteiger charge is -2.26. The number of carbonyl (C=O) groups excluding carboxylic acids is 1. The van der Waals surface area contributed by atoms with E-state index in [1.165, 1.54) is 35.5 Å². The minimum Gasteiger partial charge on any atom is -0.405 e. The highest BCUT2D eigenvalue weighted by molar-refractivity contribution is 5.95. The molecule has 4 heterocycles. The molecule has 1 amide bonds. The van der Waals surface area contributed by atoms with Crippen LogP contribution in [0.3, 0.4) is 0 Å². The number of carbonyl (C=O) groups is 1. The third-order valence-corrected chi connectivity index (χ3v) is 5.03. The van der Waals surface area contributed by atoms with Crippen molar-refractivity contribution in [2.24, 2.45) is 0 Å². The van der Waals surface area contributed by atoms with Crippen LogP contribution in [0.15, 0.2) is 36.9 Å². The number of hydrogen-bond donors (Lipinski definition) is 2. The number of benzene rings is 1. The summed E-state index contributed by atoms with van der Waals surface area (Å²) < 4.78 is 44.5. The summed E-state index contributed by atoms with van der Waals surface area (Å²) in [6.07, 6.45) is -2.14. The van der Waals surface area contributed by atoms with Gasteiger partial charge < -0.3 is 15.0 Å². The maximum atomic E-state index is 12.9. The summed E-state index contributed by atoms with van der Waals surface area (Å²) in [5.41, 5.74) is 2.28. The molecule has 5 rings (SSSR count). The van der Waals surface area contributed by atoms with E-state index in [0.29, 0.717) is 34.1 Å². The first kappa shape index (κ1) is 19.0. The molecule has 0 saturated heterocycles. The number of amides is 1. The normalized spacial score (nSPS) is 16.3. The van der Waals surface area contributed by atoms with Crippen LogP contribution in [0.4, 0.5) is 19.0 Å². The number of rotatable bonds is 3. The molecule has 1 aliphatic heterocycles. The van der Waals surface area contributed by atoms with E-state index in [1.54, 1.807) is 13.0 Å². The number of aromatic amines is 1. The van der Waals surface area contributed by atoms with Crippen molar-refractivity contribution in [2.45, 2.75) is 25.6 Å². The molecule has 4 aromatic rings. The molecule has 2 N–H and O–H groups in total. The molecule has 31 heavy (non-hydrogen) atoms. The molecule has 1 aliphatic rings. The Morgan fingerprint density at radius 2 is 2.00 bits per heavy atom. The van der Waals surface area contributed by atoms with E-state index in [2.05, 4.69) is 35.1 Å². The fourth-order valence-electron chi connectivity index (χ4n) is 3.86. The lowest BCUT2D eigenvalue weighted by molar-refractivity contribution is -0.274. The van der Waals surface area contributed by atoms with E-state index in [4.69, 9.17) is 0 Å². The zero-order chi connectivity index (χ0) is 21.8. The van der Waals surface area contributed by atoms with Crippen LogP contribution < -0.4 is 10.1 Å². The smallest absolute Gasteiger partial charge is 0.405 e. The summed E-state index contributed by atoms with van der Waals surface area (Å²) in [5.74, 6) is -0.723. The molecule has 0 bridgehead atoms. The average Bonchev–Trinajstić information content (AvgIpc) is 3.31. The first-order chi connectivity index (χ1) is 14.8. The second-order valence-electron chi connectivity index (χ2n) is 6.95. The van der Waals surface area contributed by atoms with Gasteiger partial charge in [-0.2, -0.15) is 9.78 Å². The fraction of sp³-hybridized carbons (Fsp3) is 0.211. The molecular weight excluding hydrogens is 415 g/mol. The Bertz CT molecular complexity index is 1310. The van der Waals surface area contributed by atoms with Crippen LogP contribution in [0, 0.1) is 6.92 Å². The van der Waals surface area contributed by atoms with Crippen LogP contribution in [0.5, 0.6) is 5.75 Å². The van der Waals surface area contributed by atoms with Gasteiger partial charge in [0, 0.05) is 23.5 Å². The SMILES string of the molecule is Cc1nn(-c2ncnc3nc[nH]c23)c2c1[C@H](c1ccccc1OC(F)(F)F)CC(=O)N2. The minimum absolute atomic E-state index is 0.0546. The van der Waals surface area contributed by atoms with Gasteiger partial charge in [-0.25, -0.2) is 15.0 Å². The van der Waals surface area contributed by atoms with Crippen LogP contribution in [0.2, 0.25) is 0 Å². The number of aryl methyl sites for hydroxylation is 1. The highest BCUT2D eigenvalue weighted by atomic mass is 19.4. The summed E-state index contributed by atoms with van der Waals surface area (Å²) in [5, 5.41) is 7.28. The largest absolute Gasteiger partial charge is 0.573 e. The summed E-state index contributed by atoms with van der Waals surface area (Å²) in [6, 6.07) is 5.79. The van der Waals surface area contributed by atoms with Crippen molar-refractivity contribution in [1.29, 1.82) is 0 Å². The van der Waals surface area contributed by atoms with Gasteiger partial charge in [0.2, 0.25) is 5.91 Å². The number of imidazole rings is 1. The number of halogens is 3. The summed E-state index contributed by atoms with van der Waals surface area (Å²) in [6.45, 7) is 1.72. The fourth-order valence-corrected chi connectivity index (χ4v) is 3.86. The maximum Gasteiger partial charge on any atom is 0.573 e. The van der Waals surface area contributed by atoms with Crippen molar-refractivity contribution in [3.8, 4) is 11.6 Å². The lowest BCUT2D eigenvalue weighted by Crippen LogP contribution is -2.26. The van der Waals surface area contributed by atoms with Gasteiger partial charge in [-0.05, 0) is 13.0 Å². The van der Waals surface area contributed by atoms with E-state index < -0.39 is 12.3 Å². The number of anilines is 1. The third-order valence-electron chi connectivity index (χ3n) is 5.03. The molecule has 9 nitrogen and oxygen atoms in total. The predicted molar refractivity (Wildman–Crippen MR) is 102 cm³/mol. The number of para-hydroxylation sites is 1. The lowest BCUT2D eigenvalue weighted by atomic mass is 9.85. The van der Waals surface area contributed by atoms with Crippen LogP contribution in [0.25, 0.3) is 17.0 Å². The number of H-pyrrole nitrogens is 1. The Balaban J connectivity index is 1.69. The number of aromatic nitrogens is 6. The van der Waals surface area contributed by atoms with Gasteiger partial charge >= 0.3 is 6.36 Å².